The summed E-state index contributed by atoms with van der Waals surface area (Å²) in [5.74, 6) is -0.303. The van der Waals surface area contributed by atoms with E-state index in [-0.39, 0.29) is 11.7 Å². The van der Waals surface area contributed by atoms with Crippen molar-refractivity contribution < 1.29 is 10.0 Å². The molecule has 0 saturated heterocycles. The zero-order chi connectivity index (χ0) is 13.3. The van der Waals surface area contributed by atoms with Gasteiger partial charge in [-0.25, -0.2) is 0 Å². The van der Waals surface area contributed by atoms with Gasteiger partial charge in [0.2, 0.25) is 5.91 Å². The zero-order valence-electron chi connectivity index (χ0n) is 9.90. The molecule has 96 valence electrons. The number of amidine groups is 1. The first-order chi connectivity index (χ1) is 8.51. The van der Waals surface area contributed by atoms with Gasteiger partial charge in [0.25, 0.3) is 0 Å². The molecule has 1 saturated carbocycles. The zero-order valence-corrected chi connectivity index (χ0v) is 10.7. The number of oxime groups is 1. The Morgan fingerprint density at radius 2 is 2.22 bits per heavy atom. The SMILES string of the molecule is Cc1c(Cl)cccc1NC(=O)C1(/C(N)=N/O)CC1. The number of benzene rings is 1. The first-order valence-electron chi connectivity index (χ1n) is 5.56. The van der Waals surface area contributed by atoms with Crippen LogP contribution < -0.4 is 11.1 Å². The minimum Gasteiger partial charge on any atom is -0.409 e. The van der Waals surface area contributed by atoms with E-state index < -0.39 is 5.41 Å². The Morgan fingerprint density at radius 3 is 2.78 bits per heavy atom. The van der Waals surface area contributed by atoms with Crippen LogP contribution in [0.15, 0.2) is 23.4 Å². The molecule has 4 N–H and O–H groups in total. The van der Waals surface area contributed by atoms with Gasteiger partial charge in [-0.15, -0.1) is 0 Å². The van der Waals surface area contributed by atoms with Crippen molar-refractivity contribution in [3.8, 4) is 0 Å². The highest BCUT2D eigenvalue weighted by Crippen LogP contribution is 2.46. The predicted molar refractivity (Wildman–Crippen MR) is 69.9 cm³/mol. The van der Waals surface area contributed by atoms with Gasteiger partial charge in [-0.3, -0.25) is 4.79 Å². The van der Waals surface area contributed by atoms with E-state index in [2.05, 4.69) is 10.5 Å². The lowest BCUT2D eigenvalue weighted by atomic mass is 10.0. The van der Waals surface area contributed by atoms with Crippen LogP contribution in [0.5, 0.6) is 0 Å². The molecule has 2 rings (SSSR count). The molecule has 1 aromatic carbocycles. The molecule has 0 atom stereocenters. The number of rotatable bonds is 3. The van der Waals surface area contributed by atoms with E-state index in [1.165, 1.54) is 0 Å². The molecular weight excluding hydrogens is 254 g/mol. The summed E-state index contributed by atoms with van der Waals surface area (Å²) < 4.78 is 0. The molecular formula is C12H14ClN3O2. The summed E-state index contributed by atoms with van der Waals surface area (Å²) in [5.41, 5.74) is 6.13. The summed E-state index contributed by atoms with van der Waals surface area (Å²) >= 11 is 5.98. The largest absolute Gasteiger partial charge is 0.409 e. The fraction of sp³-hybridized carbons (Fsp3) is 0.333. The summed E-state index contributed by atoms with van der Waals surface area (Å²) in [7, 11) is 0. The number of anilines is 1. The van der Waals surface area contributed by atoms with Gasteiger partial charge in [-0.2, -0.15) is 0 Å². The van der Waals surface area contributed by atoms with Crippen LogP contribution in [0.1, 0.15) is 18.4 Å². The normalized spacial score (nSPS) is 17.3. The Morgan fingerprint density at radius 1 is 1.56 bits per heavy atom. The van der Waals surface area contributed by atoms with E-state index in [1.807, 2.05) is 6.92 Å². The number of hydrogen-bond donors (Lipinski definition) is 3. The predicted octanol–water partition coefficient (Wildman–Crippen LogP) is 2.11. The highest BCUT2D eigenvalue weighted by molar-refractivity contribution is 6.31. The molecule has 0 aliphatic heterocycles. The molecule has 1 amide bonds. The second-order valence-corrected chi connectivity index (χ2v) is 4.84. The molecule has 1 aliphatic carbocycles. The fourth-order valence-corrected chi connectivity index (χ4v) is 1.98. The molecule has 5 nitrogen and oxygen atoms in total. The van der Waals surface area contributed by atoms with Crippen molar-refractivity contribution in [2.75, 3.05) is 5.32 Å². The Hall–Kier alpha value is -1.75. The van der Waals surface area contributed by atoms with Gasteiger partial charge in [0, 0.05) is 10.7 Å². The maximum absolute atomic E-state index is 12.1. The first-order valence-corrected chi connectivity index (χ1v) is 5.93. The minimum absolute atomic E-state index is 0.0420. The maximum Gasteiger partial charge on any atom is 0.238 e. The van der Waals surface area contributed by atoms with Crippen LogP contribution in [0.4, 0.5) is 5.69 Å². The van der Waals surface area contributed by atoms with Crippen LogP contribution in [0.25, 0.3) is 0 Å². The molecule has 0 heterocycles. The molecule has 18 heavy (non-hydrogen) atoms. The first kappa shape index (κ1) is 12.7. The summed E-state index contributed by atoms with van der Waals surface area (Å²) in [6, 6.07) is 5.28. The van der Waals surface area contributed by atoms with E-state index in [4.69, 9.17) is 22.5 Å². The van der Waals surface area contributed by atoms with E-state index in [0.29, 0.717) is 23.6 Å². The van der Waals surface area contributed by atoms with Crippen molar-refractivity contribution in [3.05, 3.63) is 28.8 Å². The van der Waals surface area contributed by atoms with Gasteiger partial charge in [0.15, 0.2) is 5.84 Å². The van der Waals surface area contributed by atoms with Crippen molar-refractivity contribution in [3.63, 3.8) is 0 Å². The molecule has 0 spiro atoms. The third-order valence-electron chi connectivity index (χ3n) is 3.30. The minimum atomic E-state index is -0.858. The molecule has 0 radical (unpaired) electrons. The van der Waals surface area contributed by atoms with E-state index in [0.717, 1.165) is 5.56 Å². The fourth-order valence-electron chi connectivity index (χ4n) is 1.81. The summed E-state index contributed by atoms with van der Waals surface area (Å²) in [6.45, 7) is 1.82. The van der Waals surface area contributed by atoms with Gasteiger partial charge in [0.1, 0.15) is 5.41 Å². The number of nitrogens with two attached hydrogens (primary N) is 1. The van der Waals surface area contributed by atoms with Crippen LogP contribution in [0.3, 0.4) is 0 Å². The summed E-state index contributed by atoms with van der Waals surface area (Å²) in [6.07, 6.45) is 1.18. The van der Waals surface area contributed by atoms with Crippen LogP contribution in [-0.4, -0.2) is 17.0 Å². The standard InChI is InChI=1S/C12H14ClN3O2/c1-7-8(13)3-2-4-9(7)15-11(17)12(5-6-12)10(14)16-18/h2-4,18H,5-6H2,1H3,(H2,14,16)(H,15,17). The van der Waals surface area contributed by atoms with Crippen molar-refractivity contribution in [1.82, 2.24) is 0 Å². The lowest BCUT2D eigenvalue weighted by molar-refractivity contribution is -0.119. The van der Waals surface area contributed by atoms with Crippen molar-refractivity contribution in [1.29, 1.82) is 0 Å². The van der Waals surface area contributed by atoms with Crippen molar-refractivity contribution >= 4 is 29.0 Å². The summed E-state index contributed by atoms with van der Waals surface area (Å²) in [4.78, 5) is 12.1. The van der Waals surface area contributed by atoms with Crippen LogP contribution >= 0.6 is 11.6 Å². The van der Waals surface area contributed by atoms with Gasteiger partial charge in [-0.1, -0.05) is 22.8 Å². The van der Waals surface area contributed by atoms with Crippen molar-refractivity contribution in [2.45, 2.75) is 19.8 Å². The van der Waals surface area contributed by atoms with E-state index >= 15 is 0 Å². The number of amides is 1. The molecule has 1 aromatic rings. The maximum atomic E-state index is 12.1. The number of carbonyl (C=O) groups excluding carboxylic acids is 1. The summed E-state index contributed by atoms with van der Waals surface area (Å²) in [5, 5.41) is 15.0. The quantitative estimate of drug-likeness (QED) is 0.339. The van der Waals surface area contributed by atoms with Crippen LogP contribution in [0, 0.1) is 12.3 Å². The Bertz CT molecular complexity index is 524. The van der Waals surface area contributed by atoms with Crippen LogP contribution in [0.2, 0.25) is 5.02 Å². The average molecular weight is 268 g/mol. The second-order valence-electron chi connectivity index (χ2n) is 4.43. The Balaban J connectivity index is 2.20. The number of hydrogen-bond acceptors (Lipinski definition) is 3. The van der Waals surface area contributed by atoms with E-state index in [1.54, 1.807) is 18.2 Å². The Kier molecular flexibility index (Phi) is 3.17. The molecule has 6 heteroatoms. The highest BCUT2D eigenvalue weighted by atomic mass is 35.5. The third kappa shape index (κ3) is 2.01. The average Bonchev–Trinajstić information content (AvgIpc) is 3.15. The highest BCUT2D eigenvalue weighted by Gasteiger charge is 2.54. The number of carbonyl (C=O) groups is 1. The van der Waals surface area contributed by atoms with Gasteiger partial charge in [-0.05, 0) is 37.5 Å². The third-order valence-corrected chi connectivity index (χ3v) is 3.71. The lowest BCUT2D eigenvalue weighted by Gasteiger charge is -2.15. The van der Waals surface area contributed by atoms with Crippen molar-refractivity contribution in [2.24, 2.45) is 16.3 Å². The molecule has 0 bridgehead atoms. The Labute approximate surface area is 110 Å². The number of nitrogens with one attached hydrogen (secondary N) is 1. The molecule has 1 aliphatic rings. The second kappa shape index (κ2) is 4.49. The van der Waals surface area contributed by atoms with Gasteiger partial charge in [0.05, 0.1) is 0 Å². The lowest BCUT2D eigenvalue weighted by Crippen LogP contribution is -2.36. The smallest absolute Gasteiger partial charge is 0.238 e. The van der Waals surface area contributed by atoms with Crippen LogP contribution in [-0.2, 0) is 4.79 Å². The molecule has 0 unspecified atom stereocenters. The number of halogens is 1. The van der Waals surface area contributed by atoms with E-state index in [9.17, 15) is 4.79 Å². The number of nitrogens with zero attached hydrogens (tertiary/aromatic N) is 1. The monoisotopic (exact) mass is 267 g/mol. The molecule has 1 fully saturated rings. The van der Waals surface area contributed by atoms with Gasteiger partial charge < -0.3 is 16.3 Å². The van der Waals surface area contributed by atoms with Gasteiger partial charge >= 0.3 is 0 Å². The topological polar surface area (TPSA) is 87.7 Å². The molecule has 0 aromatic heterocycles.